The Balaban J connectivity index is 1.50. The fourth-order valence-electron chi connectivity index (χ4n) is 6.73. The number of carbonyl (C=O) groups excluding carboxylic acids is 1. The normalized spacial score (nSPS) is 20.9. The molecular weight excluding hydrogens is 721 g/mol. The molecule has 3 heterocycles. The summed E-state index contributed by atoms with van der Waals surface area (Å²) in [6.07, 6.45) is 2.55. The largest absolute Gasteiger partial charge is 0.493 e. The number of ether oxygens (including phenoxy) is 1. The van der Waals surface area contributed by atoms with Gasteiger partial charge in [0.1, 0.15) is 17.6 Å². The van der Waals surface area contributed by atoms with Crippen LogP contribution >= 0.6 is 23.2 Å². The first kappa shape index (κ1) is 36.6. The lowest BCUT2D eigenvalue weighted by atomic mass is 9.93. The molecule has 2 saturated heterocycles. The Morgan fingerprint density at radius 3 is 1.96 bits per heavy atom. The van der Waals surface area contributed by atoms with E-state index in [2.05, 4.69) is 0 Å². The van der Waals surface area contributed by atoms with Crippen molar-refractivity contribution in [3.63, 3.8) is 0 Å². The molecular formula is C35H41Cl2N5O6S2. The van der Waals surface area contributed by atoms with Crippen LogP contribution in [0, 0.1) is 0 Å². The van der Waals surface area contributed by atoms with Crippen LogP contribution < -0.4 is 4.74 Å². The van der Waals surface area contributed by atoms with Gasteiger partial charge in [-0.2, -0.15) is 8.61 Å². The molecule has 3 aromatic rings. The molecule has 0 aromatic heterocycles. The van der Waals surface area contributed by atoms with Gasteiger partial charge in [0.25, 0.3) is 0 Å². The van der Waals surface area contributed by atoms with Crippen LogP contribution in [-0.4, -0.2) is 98.7 Å². The number of halogens is 2. The van der Waals surface area contributed by atoms with E-state index < -0.39 is 32.1 Å². The standard InChI is InChI=1S/C35H41Cl2N5O6S2/c1-3-48-31-17-16-29(50(46,47)41-18-6-5-7-19-41)24-30(31)34-38-32(25-8-12-27(36)13-9-25)33(26-10-14-28(37)15-11-26)42(34)35(43)39-20-22-40(23-21-39)49(44,45)4-2/h8-17,24,32-33H,3-7,18-23H2,1-2H3/t32-,33+/m0/s1. The zero-order valence-electron chi connectivity index (χ0n) is 28.0. The van der Waals surface area contributed by atoms with Crippen LogP contribution in [0.25, 0.3) is 0 Å². The first-order valence-electron chi connectivity index (χ1n) is 16.9. The van der Waals surface area contributed by atoms with Gasteiger partial charge in [-0.05, 0) is 80.3 Å². The Kier molecular flexibility index (Phi) is 11.1. The quantitative estimate of drug-likeness (QED) is 0.256. The zero-order chi connectivity index (χ0) is 35.6. The first-order valence-corrected chi connectivity index (χ1v) is 20.7. The summed E-state index contributed by atoms with van der Waals surface area (Å²) in [4.78, 5) is 23.4. The van der Waals surface area contributed by atoms with E-state index in [4.69, 9.17) is 32.9 Å². The lowest BCUT2D eigenvalue weighted by molar-refractivity contribution is 0.143. The van der Waals surface area contributed by atoms with Crippen molar-refractivity contribution < 1.29 is 26.4 Å². The number of rotatable bonds is 9. The SMILES string of the molecule is CCOc1ccc(S(=O)(=O)N2CCCCC2)cc1C1=N[C@@H](c2ccc(Cl)cc2)[C@@H](c2ccc(Cl)cc2)N1C(=O)N1CCN(S(=O)(=O)CC)CC1. The molecule has 6 rings (SSSR count). The average molecular weight is 763 g/mol. The Hall–Kier alpha value is -3.20. The number of hydrogen-bond donors (Lipinski definition) is 0. The Morgan fingerprint density at radius 2 is 1.38 bits per heavy atom. The van der Waals surface area contributed by atoms with Crippen molar-refractivity contribution in [2.75, 3.05) is 51.6 Å². The van der Waals surface area contributed by atoms with Crippen molar-refractivity contribution >= 4 is 55.1 Å². The monoisotopic (exact) mass is 761 g/mol. The number of benzene rings is 3. The molecule has 2 atom stereocenters. The maximum absolute atomic E-state index is 14.9. The van der Waals surface area contributed by atoms with E-state index >= 15 is 0 Å². The van der Waals surface area contributed by atoms with Gasteiger partial charge in [0, 0.05) is 49.3 Å². The number of hydrogen-bond acceptors (Lipinski definition) is 7. The maximum Gasteiger partial charge on any atom is 0.326 e. The van der Waals surface area contributed by atoms with Gasteiger partial charge in [0.05, 0.1) is 28.9 Å². The van der Waals surface area contributed by atoms with Crippen LogP contribution in [0.1, 0.15) is 61.9 Å². The van der Waals surface area contributed by atoms with Crippen LogP contribution in [0.15, 0.2) is 76.6 Å². The minimum atomic E-state index is -3.85. The highest BCUT2D eigenvalue weighted by Crippen LogP contribution is 2.46. The summed E-state index contributed by atoms with van der Waals surface area (Å²) in [7, 11) is -7.28. The molecule has 0 spiro atoms. The Morgan fingerprint density at radius 1 is 0.780 bits per heavy atom. The summed E-state index contributed by atoms with van der Waals surface area (Å²) in [5, 5.41) is 1.07. The smallest absolute Gasteiger partial charge is 0.326 e. The van der Waals surface area contributed by atoms with Crippen LogP contribution in [0.5, 0.6) is 5.75 Å². The Labute approximate surface area is 304 Å². The number of piperazine rings is 1. The van der Waals surface area contributed by atoms with Crippen LogP contribution in [0.4, 0.5) is 4.79 Å². The van der Waals surface area contributed by atoms with Gasteiger partial charge in [-0.25, -0.2) is 21.6 Å². The number of urea groups is 1. The number of aliphatic imine (C=N–C) groups is 1. The number of carbonyl (C=O) groups is 1. The third kappa shape index (κ3) is 7.40. The summed E-state index contributed by atoms with van der Waals surface area (Å²) in [6, 6.07) is 17.5. The van der Waals surface area contributed by atoms with Gasteiger partial charge < -0.3 is 9.64 Å². The second-order valence-electron chi connectivity index (χ2n) is 12.4. The topological polar surface area (TPSA) is 120 Å². The van der Waals surface area contributed by atoms with Gasteiger partial charge in [-0.15, -0.1) is 0 Å². The maximum atomic E-state index is 14.9. The fourth-order valence-corrected chi connectivity index (χ4v) is 9.61. The van der Waals surface area contributed by atoms with E-state index in [1.54, 1.807) is 59.2 Å². The molecule has 0 saturated carbocycles. The molecule has 0 bridgehead atoms. The summed E-state index contributed by atoms with van der Waals surface area (Å²) >= 11 is 12.6. The second-order valence-corrected chi connectivity index (χ2v) is 17.5. The third-order valence-electron chi connectivity index (χ3n) is 9.41. The number of amidine groups is 1. The highest BCUT2D eigenvalue weighted by atomic mass is 35.5. The molecule has 2 amide bonds. The van der Waals surface area contributed by atoms with Crippen molar-refractivity contribution in [1.82, 2.24) is 18.4 Å². The lowest BCUT2D eigenvalue weighted by Gasteiger charge is -2.38. The van der Waals surface area contributed by atoms with Crippen LogP contribution in [0.3, 0.4) is 0 Å². The summed E-state index contributed by atoms with van der Waals surface area (Å²) in [6.45, 7) is 5.25. The van der Waals surface area contributed by atoms with Crippen LogP contribution in [0.2, 0.25) is 10.0 Å². The average Bonchev–Trinajstić information content (AvgIpc) is 3.53. The molecule has 0 N–H and O–H groups in total. The van der Waals surface area contributed by atoms with Gasteiger partial charge in [-0.3, -0.25) is 9.89 Å². The minimum Gasteiger partial charge on any atom is -0.493 e. The number of nitrogens with zero attached hydrogens (tertiary/aromatic N) is 5. The number of sulfonamides is 2. The molecule has 268 valence electrons. The van der Waals surface area contributed by atoms with Crippen molar-refractivity contribution in [3.8, 4) is 5.75 Å². The van der Waals surface area contributed by atoms with E-state index in [0.29, 0.717) is 41.1 Å². The van der Waals surface area contributed by atoms with E-state index in [1.807, 2.05) is 31.2 Å². The third-order valence-corrected chi connectivity index (χ3v) is 13.7. The molecule has 3 aliphatic rings. The van der Waals surface area contributed by atoms with Crippen molar-refractivity contribution in [2.24, 2.45) is 4.99 Å². The van der Waals surface area contributed by atoms with Crippen molar-refractivity contribution in [3.05, 3.63) is 93.5 Å². The Bertz CT molecular complexity index is 1950. The van der Waals surface area contributed by atoms with Gasteiger partial charge in [0.15, 0.2) is 0 Å². The fraction of sp³-hybridized carbons (Fsp3) is 0.429. The summed E-state index contributed by atoms with van der Waals surface area (Å²) < 4.78 is 62.1. The molecule has 0 aliphatic carbocycles. The van der Waals surface area contributed by atoms with E-state index in [9.17, 15) is 21.6 Å². The predicted octanol–water partition coefficient (Wildman–Crippen LogP) is 6.20. The highest BCUT2D eigenvalue weighted by molar-refractivity contribution is 7.89. The first-order chi connectivity index (χ1) is 23.9. The second kappa shape index (κ2) is 15.2. The molecule has 0 radical (unpaired) electrons. The molecule has 50 heavy (non-hydrogen) atoms. The van der Waals surface area contributed by atoms with E-state index in [0.717, 1.165) is 30.4 Å². The highest BCUT2D eigenvalue weighted by Gasteiger charge is 2.45. The molecule has 2 fully saturated rings. The zero-order valence-corrected chi connectivity index (χ0v) is 31.2. The van der Waals surface area contributed by atoms with Gasteiger partial charge in [-0.1, -0.05) is 53.9 Å². The van der Waals surface area contributed by atoms with E-state index in [-0.39, 0.29) is 48.7 Å². The van der Waals surface area contributed by atoms with Gasteiger partial charge >= 0.3 is 6.03 Å². The lowest BCUT2D eigenvalue weighted by Crippen LogP contribution is -2.55. The summed E-state index contributed by atoms with van der Waals surface area (Å²) in [5.74, 6) is 0.604. The van der Waals surface area contributed by atoms with E-state index in [1.165, 1.54) is 8.61 Å². The molecule has 3 aliphatic heterocycles. The molecule has 11 nitrogen and oxygen atoms in total. The summed E-state index contributed by atoms with van der Waals surface area (Å²) in [5.41, 5.74) is 1.90. The molecule has 0 unspecified atom stereocenters. The number of piperidine rings is 1. The van der Waals surface area contributed by atoms with Crippen molar-refractivity contribution in [1.29, 1.82) is 0 Å². The predicted molar refractivity (Wildman–Crippen MR) is 195 cm³/mol. The molecule has 3 aromatic carbocycles. The number of amides is 2. The van der Waals surface area contributed by atoms with Crippen molar-refractivity contribution in [2.45, 2.75) is 50.1 Å². The van der Waals surface area contributed by atoms with Crippen LogP contribution in [-0.2, 0) is 20.0 Å². The minimum absolute atomic E-state index is 0.0256. The molecule has 15 heteroatoms. The van der Waals surface area contributed by atoms with Gasteiger partial charge in [0.2, 0.25) is 20.0 Å².